The summed E-state index contributed by atoms with van der Waals surface area (Å²) in [4.78, 5) is 12.3. The minimum Gasteiger partial charge on any atom is -0.345 e. The van der Waals surface area contributed by atoms with E-state index in [0.717, 1.165) is 11.1 Å². The van der Waals surface area contributed by atoms with Crippen LogP contribution in [0.2, 0.25) is 0 Å². The van der Waals surface area contributed by atoms with Gasteiger partial charge >= 0.3 is 0 Å². The van der Waals surface area contributed by atoms with Gasteiger partial charge in [0.2, 0.25) is 0 Å². The van der Waals surface area contributed by atoms with Crippen molar-refractivity contribution in [3.05, 3.63) is 77.9 Å². The van der Waals surface area contributed by atoms with E-state index in [4.69, 9.17) is 0 Å². The molecule has 1 heterocycles. The summed E-state index contributed by atoms with van der Waals surface area (Å²) in [6.07, 6.45) is 3.50. The van der Waals surface area contributed by atoms with Crippen LogP contribution in [0.4, 0.5) is 4.39 Å². The van der Waals surface area contributed by atoms with Gasteiger partial charge in [-0.15, -0.1) is 0 Å². The highest BCUT2D eigenvalue weighted by atomic mass is 19.1. The molecule has 0 bridgehead atoms. The lowest BCUT2D eigenvalue weighted by molar-refractivity contribution is 0.0939. The van der Waals surface area contributed by atoms with E-state index in [9.17, 15) is 9.18 Å². The molecule has 23 heavy (non-hydrogen) atoms. The lowest BCUT2D eigenvalue weighted by Crippen LogP contribution is -2.27. The molecule has 5 heteroatoms. The zero-order chi connectivity index (χ0) is 16.2. The van der Waals surface area contributed by atoms with Crippen LogP contribution >= 0.6 is 0 Å². The van der Waals surface area contributed by atoms with Gasteiger partial charge in [0.15, 0.2) is 0 Å². The van der Waals surface area contributed by atoms with Gasteiger partial charge in [0.25, 0.3) is 5.91 Å². The Morgan fingerprint density at radius 2 is 1.87 bits per heavy atom. The normalized spacial score (nSPS) is 11.9. The van der Waals surface area contributed by atoms with Crippen LogP contribution in [0.15, 0.2) is 60.9 Å². The number of nitrogens with one attached hydrogen (secondary N) is 2. The fourth-order valence-electron chi connectivity index (χ4n) is 2.41. The zero-order valence-corrected chi connectivity index (χ0v) is 12.6. The predicted octanol–water partition coefficient (Wildman–Crippen LogP) is 3.71. The highest BCUT2D eigenvalue weighted by Crippen LogP contribution is 2.19. The summed E-state index contributed by atoms with van der Waals surface area (Å²) in [5, 5.41) is 9.46. The van der Waals surface area contributed by atoms with Crippen molar-refractivity contribution in [1.82, 2.24) is 15.5 Å². The third kappa shape index (κ3) is 3.29. The van der Waals surface area contributed by atoms with Crippen molar-refractivity contribution < 1.29 is 9.18 Å². The Bertz CT molecular complexity index is 797. The average Bonchev–Trinajstić information content (AvgIpc) is 3.09. The second-order valence-corrected chi connectivity index (χ2v) is 5.28. The summed E-state index contributed by atoms with van der Waals surface area (Å²) >= 11 is 0. The Morgan fingerprint density at radius 3 is 2.52 bits per heavy atom. The molecule has 2 aromatic carbocycles. The molecule has 0 aliphatic rings. The molecule has 3 rings (SSSR count). The first-order valence-corrected chi connectivity index (χ1v) is 7.29. The molecule has 0 aliphatic heterocycles. The highest BCUT2D eigenvalue weighted by molar-refractivity contribution is 5.94. The Morgan fingerprint density at radius 1 is 1.13 bits per heavy atom. The molecular weight excluding hydrogens is 293 g/mol. The summed E-state index contributed by atoms with van der Waals surface area (Å²) < 4.78 is 13.7. The van der Waals surface area contributed by atoms with Gasteiger partial charge in [-0.3, -0.25) is 9.89 Å². The Labute approximate surface area is 133 Å². The molecule has 0 spiro atoms. The fourth-order valence-corrected chi connectivity index (χ4v) is 2.41. The summed E-state index contributed by atoms with van der Waals surface area (Å²) in [6.45, 7) is 1.76. The van der Waals surface area contributed by atoms with Crippen LogP contribution in [-0.2, 0) is 0 Å². The van der Waals surface area contributed by atoms with Crippen LogP contribution in [0.5, 0.6) is 0 Å². The number of halogens is 1. The van der Waals surface area contributed by atoms with Crippen LogP contribution in [-0.4, -0.2) is 16.1 Å². The molecule has 116 valence electrons. The van der Waals surface area contributed by atoms with Crippen molar-refractivity contribution in [3.8, 4) is 11.1 Å². The van der Waals surface area contributed by atoms with E-state index < -0.39 is 6.04 Å². The number of carbonyl (C=O) groups is 1. The summed E-state index contributed by atoms with van der Waals surface area (Å²) in [7, 11) is 0. The maximum Gasteiger partial charge on any atom is 0.251 e. The van der Waals surface area contributed by atoms with Crippen LogP contribution in [0, 0.1) is 5.82 Å². The second kappa shape index (κ2) is 6.44. The summed E-state index contributed by atoms with van der Waals surface area (Å²) in [6, 6.07) is 13.2. The molecule has 3 aromatic rings. The van der Waals surface area contributed by atoms with Crippen molar-refractivity contribution in [3.63, 3.8) is 0 Å². The number of amides is 1. The van der Waals surface area contributed by atoms with Crippen LogP contribution < -0.4 is 5.32 Å². The van der Waals surface area contributed by atoms with Crippen molar-refractivity contribution in [2.24, 2.45) is 0 Å². The van der Waals surface area contributed by atoms with Gasteiger partial charge in [-0.05, 0) is 30.7 Å². The number of nitrogens with zero attached hydrogens (tertiary/aromatic N) is 1. The number of aromatic amines is 1. The first kappa shape index (κ1) is 15.0. The minimum absolute atomic E-state index is 0.237. The quantitative estimate of drug-likeness (QED) is 0.772. The number of benzene rings is 2. The van der Waals surface area contributed by atoms with Crippen molar-refractivity contribution in [2.75, 3.05) is 0 Å². The van der Waals surface area contributed by atoms with Gasteiger partial charge in [0, 0.05) is 22.9 Å². The molecule has 0 saturated carbocycles. The minimum atomic E-state index is -0.405. The smallest absolute Gasteiger partial charge is 0.251 e. The maximum atomic E-state index is 13.7. The van der Waals surface area contributed by atoms with Crippen molar-refractivity contribution in [2.45, 2.75) is 13.0 Å². The second-order valence-electron chi connectivity index (χ2n) is 5.28. The number of rotatable bonds is 4. The van der Waals surface area contributed by atoms with Gasteiger partial charge in [0.05, 0.1) is 12.2 Å². The number of carbonyl (C=O) groups excluding carboxylic acids is 1. The first-order valence-electron chi connectivity index (χ1n) is 7.29. The Kier molecular flexibility index (Phi) is 4.19. The Balaban J connectivity index is 1.72. The lowest BCUT2D eigenvalue weighted by Gasteiger charge is -2.15. The van der Waals surface area contributed by atoms with Gasteiger partial charge in [-0.2, -0.15) is 5.10 Å². The molecule has 0 aliphatic carbocycles. The third-order valence-electron chi connectivity index (χ3n) is 3.70. The van der Waals surface area contributed by atoms with Crippen LogP contribution in [0.1, 0.15) is 28.9 Å². The van der Waals surface area contributed by atoms with Gasteiger partial charge in [-0.1, -0.05) is 30.3 Å². The van der Waals surface area contributed by atoms with E-state index in [0.29, 0.717) is 11.1 Å². The van der Waals surface area contributed by atoms with Crippen LogP contribution in [0.3, 0.4) is 0 Å². The molecule has 2 N–H and O–H groups in total. The highest BCUT2D eigenvalue weighted by Gasteiger charge is 2.14. The molecule has 0 saturated heterocycles. The zero-order valence-electron chi connectivity index (χ0n) is 12.6. The lowest BCUT2D eigenvalue weighted by atomic mass is 10.1. The molecule has 0 fully saturated rings. The fraction of sp³-hybridized carbons (Fsp3) is 0.111. The molecule has 0 radical (unpaired) electrons. The van der Waals surface area contributed by atoms with E-state index in [1.807, 2.05) is 12.1 Å². The SMILES string of the molecule is CC(NC(=O)c1ccc(-c2cn[nH]c2)cc1)c1ccccc1F. The third-order valence-corrected chi connectivity index (χ3v) is 3.70. The maximum absolute atomic E-state index is 13.7. The number of hydrogen-bond acceptors (Lipinski definition) is 2. The van der Waals surface area contributed by atoms with E-state index in [-0.39, 0.29) is 11.7 Å². The van der Waals surface area contributed by atoms with E-state index >= 15 is 0 Å². The number of H-pyrrole nitrogens is 1. The van der Waals surface area contributed by atoms with Gasteiger partial charge in [-0.25, -0.2) is 4.39 Å². The first-order chi connectivity index (χ1) is 11.1. The van der Waals surface area contributed by atoms with E-state index in [1.165, 1.54) is 6.07 Å². The molecule has 1 atom stereocenters. The molecular formula is C18H16FN3O. The monoisotopic (exact) mass is 309 g/mol. The topological polar surface area (TPSA) is 57.8 Å². The average molecular weight is 309 g/mol. The summed E-state index contributed by atoms with van der Waals surface area (Å²) in [5.41, 5.74) is 2.92. The van der Waals surface area contributed by atoms with Crippen LogP contribution in [0.25, 0.3) is 11.1 Å². The van der Waals surface area contributed by atoms with Crippen molar-refractivity contribution in [1.29, 1.82) is 0 Å². The molecule has 1 amide bonds. The Hall–Kier alpha value is -2.95. The number of hydrogen-bond donors (Lipinski definition) is 2. The number of aromatic nitrogens is 2. The van der Waals surface area contributed by atoms with Crippen molar-refractivity contribution >= 4 is 5.91 Å². The van der Waals surface area contributed by atoms with E-state index in [2.05, 4.69) is 15.5 Å². The predicted molar refractivity (Wildman–Crippen MR) is 86.3 cm³/mol. The van der Waals surface area contributed by atoms with E-state index in [1.54, 1.807) is 49.6 Å². The van der Waals surface area contributed by atoms with Gasteiger partial charge < -0.3 is 5.32 Å². The molecule has 4 nitrogen and oxygen atoms in total. The van der Waals surface area contributed by atoms with Gasteiger partial charge in [0.1, 0.15) is 5.82 Å². The largest absolute Gasteiger partial charge is 0.345 e. The summed E-state index contributed by atoms with van der Waals surface area (Å²) in [5.74, 6) is -0.560. The standard InChI is InChI=1S/C18H16FN3O/c1-12(16-4-2-3-5-17(16)19)22-18(23)14-8-6-13(7-9-14)15-10-20-21-11-15/h2-12H,1H3,(H,20,21)(H,22,23). The molecule has 1 unspecified atom stereocenters. The molecule has 1 aromatic heterocycles.